The average molecular weight is 478 g/mol. The van der Waals surface area contributed by atoms with E-state index in [0.29, 0.717) is 47.3 Å². The van der Waals surface area contributed by atoms with Crippen LogP contribution < -0.4 is 10.1 Å². The quantitative estimate of drug-likeness (QED) is 0.635. The van der Waals surface area contributed by atoms with Crippen molar-refractivity contribution in [2.45, 2.75) is 44.8 Å². The molecule has 0 spiro atoms. The van der Waals surface area contributed by atoms with Gasteiger partial charge in [-0.15, -0.1) is 0 Å². The third-order valence-corrected chi connectivity index (χ3v) is 6.62. The molecule has 4 rings (SSSR count). The summed E-state index contributed by atoms with van der Waals surface area (Å²) in [7, 11) is 0. The molecule has 2 fully saturated rings. The van der Waals surface area contributed by atoms with Gasteiger partial charge in [-0.1, -0.05) is 11.6 Å². The molecule has 1 saturated carbocycles. The van der Waals surface area contributed by atoms with Crippen LogP contribution in [0.5, 0.6) is 5.75 Å². The molecule has 33 heavy (non-hydrogen) atoms. The van der Waals surface area contributed by atoms with E-state index in [-0.39, 0.29) is 42.5 Å². The molecule has 10 heteroatoms. The van der Waals surface area contributed by atoms with Crippen LogP contribution in [0.3, 0.4) is 0 Å². The van der Waals surface area contributed by atoms with E-state index < -0.39 is 18.4 Å². The summed E-state index contributed by atoms with van der Waals surface area (Å²) in [5.74, 6) is -0.626. The monoisotopic (exact) mass is 477 g/mol. The fourth-order valence-electron chi connectivity index (χ4n) is 4.20. The minimum Gasteiger partial charge on any atom is -0.489 e. The normalized spacial score (nSPS) is 22.4. The van der Waals surface area contributed by atoms with Gasteiger partial charge in [-0.2, -0.15) is 0 Å². The first-order valence-electron chi connectivity index (χ1n) is 10.9. The van der Waals surface area contributed by atoms with Crippen LogP contribution in [0.1, 0.15) is 46.3 Å². The molecule has 1 amide bonds. The molecule has 1 atom stereocenters. The molecule has 1 aliphatic heterocycles. The molecule has 2 N–H and O–H groups in total. The number of alkyl halides is 1. The molecule has 2 aliphatic rings. The Morgan fingerprint density at radius 3 is 2.67 bits per heavy atom. The van der Waals surface area contributed by atoms with Crippen LogP contribution in [-0.4, -0.2) is 64.9 Å². The molecule has 0 radical (unpaired) electrons. The number of rotatable bonds is 7. The summed E-state index contributed by atoms with van der Waals surface area (Å²) in [5.41, 5.74) is 1.83. The van der Waals surface area contributed by atoms with Crippen LogP contribution in [0.2, 0.25) is 5.02 Å². The summed E-state index contributed by atoms with van der Waals surface area (Å²) >= 11 is 6.17. The molecule has 1 saturated heterocycles. The van der Waals surface area contributed by atoms with E-state index in [1.165, 1.54) is 23.1 Å². The Labute approximate surface area is 196 Å². The maximum absolute atomic E-state index is 13.9. The second-order valence-corrected chi connectivity index (χ2v) is 8.90. The van der Waals surface area contributed by atoms with Crippen molar-refractivity contribution in [3.05, 3.63) is 51.8 Å². The zero-order chi connectivity index (χ0) is 23.7. The van der Waals surface area contributed by atoms with Gasteiger partial charge in [0.2, 0.25) is 0 Å². The first-order chi connectivity index (χ1) is 15.8. The minimum absolute atomic E-state index is 0.128. The Kier molecular flexibility index (Phi) is 6.90. The smallest absolute Gasteiger partial charge is 0.257 e. The number of hydrogen-bond acceptors (Lipinski definition) is 6. The fraction of sp³-hybridized carbons (Fsp3) is 0.478. The van der Waals surface area contributed by atoms with E-state index in [4.69, 9.17) is 21.7 Å². The number of nitrogens with one attached hydrogen (secondary N) is 2. The molecule has 2 heterocycles. The van der Waals surface area contributed by atoms with Crippen molar-refractivity contribution >= 4 is 23.2 Å². The number of hydrogen-bond donors (Lipinski definition) is 2. The number of ether oxygens (including phenoxy) is 1. The molecule has 1 aromatic heterocycles. The Hall–Kier alpha value is -2.65. The van der Waals surface area contributed by atoms with Crippen LogP contribution in [-0.2, 0) is 0 Å². The minimum atomic E-state index is -0.500. The van der Waals surface area contributed by atoms with Crippen LogP contribution >= 0.6 is 11.6 Å². The summed E-state index contributed by atoms with van der Waals surface area (Å²) in [5, 5.41) is 12.0. The molecule has 7 nitrogen and oxygen atoms in total. The fourth-order valence-corrected chi connectivity index (χ4v) is 4.28. The number of nitrogens with zero attached hydrogens (tertiary/aromatic N) is 3. The average Bonchev–Trinajstić information content (AvgIpc) is 3.14. The van der Waals surface area contributed by atoms with E-state index >= 15 is 0 Å². The summed E-state index contributed by atoms with van der Waals surface area (Å²) in [6, 6.07) is 4.00. The van der Waals surface area contributed by atoms with Gasteiger partial charge in [0.05, 0.1) is 34.4 Å². The summed E-state index contributed by atoms with van der Waals surface area (Å²) in [4.78, 5) is 23.7. The highest BCUT2D eigenvalue weighted by molar-refractivity contribution is 6.31. The third-order valence-electron chi connectivity index (χ3n) is 6.07. The topological polar surface area (TPSA) is 91.2 Å². The molecule has 176 valence electrons. The van der Waals surface area contributed by atoms with Gasteiger partial charge < -0.3 is 20.4 Å². The van der Waals surface area contributed by atoms with Crippen LogP contribution in [0.25, 0.3) is 0 Å². The largest absolute Gasteiger partial charge is 0.489 e. The number of carbonyl (C=O) groups is 1. The van der Waals surface area contributed by atoms with Gasteiger partial charge in [-0.05, 0) is 38.8 Å². The molecular weight excluding hydrogens is 452 g/mol. The Balaban J connectivity index is 1.48. The zero-order valence-electron chi connectivity index (χ0n) is 18.5. The predicted molar refractivity (Wildman–Crippen MR) is 121 cm³/mol. The first kappa shape index (κ1) is 23.5. The summed E-state index contributed by atoms with van der Waals surface area (Å²) < 4.78 is 32.2. The van der Waals surface area contributed by atoms with Crippen molar-refractivity contribution in [3.63, 3.8) is 0 Å². The Morgan fingerprint density at radius 1 is 1.30 bits per heavy atom. The van der Waals surface area contributed by atoms with E-state index in [9.17, 15) is 13.6 Å². The van der Waals surface area contributed by atoms with E-state index in [0.717, 1.165) is 0 Å². The van der Waals surface area contributed by atoms with Gasteiger partial charge in [-0.25, -0.2) is 18.7 Å². The molecular formula is C23H26ClF2N5O2. The molecule has 1 aromatic carbocycles. The summed E-state index contributed by atoms with van der Waals surface area (Å²) in [6.45, 7) is 3.79. The SMILES string of the molecule is Cc1nc(C2CN(C(=O)c3ccc(F)cc3OC3CC(NCCF)C3)CC2=N)nc(C)c1Cl. The number of halogens is 3. The molecule has 1 unspecified atom stereocenters. The lowest BCUT2D eigenvalue weighted by Crippen LogP contribution is -2.47. The standard InChI is InChI=1S/C23H26ClF2N5O2/c1-12-21(24)13(2)30-22(29-12)18-10-31(11-19(18)27)23(32)17-4-3-14(26)7-20(17)33-16-8-15(9-16)28-6-5-25/h3-4,7,15-16,18,27-28H,5-6,8-11H2,1-2H3. The van der Waals surface area contributed by atoms with Crippen molar-refractivity contribution in [2.75, 3.05) is 26.3 Å². The van der Waals surface area contributed by atoms with Crippen LogP contribution in [0.4, 0.5) is 8.78 Å². The Bertz CT molecular complexity index is 1050. The second kappa shape index (κ2) is 9.69. The lowest BCUT2D eigenvalue weighted by Gasteiger charge is -2.36. The highest BCUT2D eigenvalue weighted by Crippen LogP contribution is 2.32. The Morgan fingerprint density at radius 2 is 2.00 bits per heavy atom. The maximum Gasteiger partial charge on any atom is 0.257 e. The van der Waals surface area contributed by atoms with Gasteiger partial charge in [0.1, 0.15) is 30.2 Å². The zero-order valence-corrected chi connectivity index (χ0v) is 19.3. The molecule has 2 aromatic rings. The van der Waals surface area contributed by atoms with Gasteiger partial charge in [-0.3, -0.25) is 4.79 Å². The number of aromatic nitrogens is 2. The molecule has 0 bridgehead atoms. The highest BCUT2D eigenvalue weighted by atomic mass is 35.5. The van der Waals surface area contributed by atoms with Crippen LogP contribution in [0.15, 0.2) is 18.2 Å². The number of carbonyl (C=O) groups excluding carboxylic acids is 1. The van der Waals surface area contributed by atoms with Crippen molar-refractivity contribution < 1.29 is 18.3 Å². The van der Waals surface area contributed by atoms with Crippen LogP contribution in [0, 0.1) is 25.1 Å². The van der Waals surface area contributed by atoms with Gasteiger partial charge in [0.15, 0.2) is 0 Å². The van der Waals surface area contributed by atoms with E-state index in [1.807, 2.05) is 0 Å². The van der Waals surface area contributed by atoms with E-state index in [2.05, 4.69) is 15.3 Å². The third kappa shape index (κ3) is 4.99. The predicted octanol–water partition coefficient (Wildman–Crippen LogP) is 3.61. The number of likely N-dealkylation sites (tertiary alicyclic amines) is 1. The first-order valence-corrected chi connectivity index (χ1v) is 11.3. The maximum atomic E-state index is 13.9. The second-order valence-electron chi connectivity index (χ2n) is 8.52. The summed E-state index contributed by atoms with van der Waals surface area (Å²) in [6.07, 6.45) is 1.15. The van der Waals surface area contributed by atoms with Crippen molar-refractivity contribution in [1.82, 2.24) is 20.2 Å². The van der Waals surface area contributed by atoms with Crippen molar-refractivity contribution in [2.24, 2.45) is 0 Å². The number of amides is 1. The lowest BCUT2D eigenvalue weighted by atomic mass is 9.89. The van der Waals surface area contributed by atoms with Gasteiger partial charge in [0.25, 0.3) is 5.91 Å². The van der Waals surface area contributed by atoms with Gasteiger partial charge in [0, 0.05) is 30.9 Å². The van der Waals surface area contributed by atoms with E-state index in [1.54, 1.807) is 13.8 Å². The van der Waals surface area contributed by atoms with Gasteiger partial charge >= 0.3 is 0 Å². The lowest BCUT2D eigenvalue weighted by molar-refractivity contribution is 0.0732. The van der Waals surface area contributed by atoms with Crippen molar-refractivity contribution in [3.8, 4) is 5.75 Å². The number of aryl methyl sites for hydroxylation is 2. The molecule has 1 aliphatic carbocycles. The van der Waals surface area contributed by atoms with Crippen molar-refractivity contribution in [1.29, 1.82) is 5.41 Å². The number of benzene rings is 1. The highest BCUT2D eigenvalue weighted by Gasteiger charge is 2.36.